The Kier molecular flexibility index (Phi) is 9.33. The van der Waals surface area contributed by atoms with Crippen LogP contribution < -0.4 is 29.1 Å². The van der Waals surface area contributed by atoms with Crippen LogP contribution in [0.2, 0.25) is 5.02 Å². The van der Waals surface area contributed by atoms with E-state index < -0.39 is 12.0 Å². The number of hydrogen-bond acceptors (Lipinski definition) is 8. The number of carbonyl (C=O) groups excluding carboxylic acids is 1. The van der Waals surface area contributed by atoms with Gasteiger partial charge >= 0.3 is 5.97 Å². The zero-order valence-corrected chi connectivity index (χ0v) is 25.8. The molecule has 0 spiro atoms. The van der Waals surface area contributed by atoms with E-state index in [2.05, 4.69) is 4.99 Å². The number of hydrogen-bond donors (Lipinski definition) is 0. The lowest BCUT2D eigenvalue weighted by molar-refractivity contribution is -0.139. The smallest absolute Gasteiger partial charge is 0.338 e. The normalized spacial score (nSPS) is 14.6. The molecule has 43 heavy (non-hydrogen) atoms. The van der Waals surface area contributed by atoms with Crippen molar-refractivity contribution in [3.05, 3.63) is 119 Å². The van der Waals surface area contributed by atoms with E-state index in [1.165, 1.54) is 15.9 Å². The molecule has 0 amide bonds. The van der Waals surface area contributed by atoms with Gasteiger partial charge in [-0.2, -0.15) is 0 Å². The lowest BCUT2D eigenvalue weighted by Crippen LogP contribution is -2.40. The lowest BCUT2D eigenvalue weighted by atomic mass is 9.95. The Morgan fingerprint density at radius 1 is 1.00 bits per heavy atom. The summed E-state index contributed by atoms with van der Waals surface area (Å²) < 4.78 is 24.9. The molecule has 0 fully saturated rings. The molecular weight excluding hydrogens is 588 g/mol. The molecule has 10 heteroatoms. The second-order valence-electron chi connectivity index (χ2n) is 9.56. The number of para-hydroxylation sites is 1. The van der Waals surface area contributed by atoms with Gasteiger partial charge in [-0.05, 0) is 56.7 Å². The molecule has 0 saturated heterocycles. The molecule has 0 saturated carbocycles. The number of aromatic nitrogens is 1. The van der Waals surface area contributed by atoms with E-state index in [0.29, 0.717) is 55.0 Å². The van der Waals surface area contributed by atoms with Crippen molar-refractivity contribution in [1.82, 2.24) is 4.57 Å². The SMILES string of the molecule is CCOC(=O)C1=C(C)N=c2s/c(=C/c3ccc(OCc4ccccc4Cl)c(OCC)c3)c(=O)n2[C@@H]1c1ccccc1OC. The monoisotopic (exact) mass is 618 g/mol. The van der Waals surface area contributed by atoms with Gasteiger partial charge in [0, 0.05) is 16.1 Å². The molecule has 0 aliphatic carbocycles. The molecule has 0 bridgehead atoms. The lowest BCUT2D eigenvalue weighted by Gasteiger charge is -2.25. The first-order valence-electron chi connectivity index (χ1n) is 13.8. The number of halogens is 1. The topological polar surface area (TPSA) is 88.4 Å². The molecule has 1 atom stereocenters. The van der Waals surface area contributed by atoms with Crippen LogP contribution in [-0.2, 0) is 16.1 Å². The maximum Gasteiger partial charge on any atom is 0.338 e. The third-order valence-corrected chi connectivity index (χ3v) is 8.21. The summed E-state index contributed by atoms with van der Waals surface area (Å²) in [6.45, 7) is 6.29. The Balaban J connectivity index is 1.58. The number of rotatable bonds is 10. The van der Waals surface area contributed by atoms with Crippen molar-refractivity contribution in [3.8, 4) is 17.2 Å². The van der Waals surface area contributed by atoms with E-state index in [9.17, 15) is 9.59 Å². The van der Waals surface area contributed by atoms with Gasteiger partial charge in [-0.3, -0.25) is 9.36 Å². The largest absolute Gasteiger partial charge is 0.496 e. The van der Waals surface area contributed by atoms with Crippen molar-refractivity contribution in [2.45, 2.75) is 33.4 Å². The van der Waals surface area contributed by atoms with E-state index in [1.807, 2.05) is 67.6 Å². The highest BCUT2D eigenvalue weighted by Crippen LogP contribution is 2.36. The summed E-state index contributed by atoms with van der Waals surface area (Å²) in [5.41, 5.74) is 2.76. The van der Waals surface area contributed by atoms with Gasteiger partial charge in [0.1, 0.15) is 18.4 Å². The molecule has 3 aromatic carbocycles. The van der Waals surface area contributed by atoms with E-state index in [4.69, 9.17) is 30.5 Å². The number of thiazole rings is 1. The highest BCUT2D eigenvalue weighted by atomic mass is 35.5. The molecule has 0 N–H and O–H groups in total. The Morgan fingerprint density at radius 2 is 1.77 bits per heavy atom. The number of methoxy groups -OCH3 is 1. The fourth-order valence-electron chi connectivity index (χ4n) is 4.90. The summed E-state index contributed by atoms with van der Waals surface area (Å²) in [6.07, 6.45) is 1.78. The Hall–Kier alpha value is -4.34. The molecule has 0 radical (unpaired) electrons. The zero-order valence-electron chi connectivity index (χ0n) is 24.3. The predicted octanol–water partition coefficient (Wildman–Crippen LogP) is 5.44. The van der Waals surface area contributed by atoms with E-state index in [-0.39, 0.29) is 18.8 Å². The number of carbonyl (C=O) groups is 1. The first-order valence-corrected chi connectivity index (χ1v) is 15.0. The first kappa shape index (κ1) is 30.1. The number of nitrogens with zero attached hydrogens (tertiary/aromatic N) is 2. The van der Waals surface area contributed by atoms with Crippen LogP contribution in [0.1, 0.15) is 43.5 Å². The molecule has 1 aromatic heterocycles. The second kappa shape index (κ2) is 13.3. The predicted molar refractivity (Wildman–Crippen MR) is 167 cm³/mol. The van der Waals surface area contributed by atoms with Gasteiger partial charge in [-0.25, -0.2) is 9.79 Å². The molecule has 222 valence electrons. The van der Waals surface area contributed by atoms with Gasteiger partial charge in [-0.1, -0.05) is 65.4 Å². The van der Waals surface area contributed by atoms with Crippen LogP contribution in [0.4, 0.5) is 0 Å². The van der Waals surface area contributed by atoms with Gasteiger partial charge in [0.15, 0.2) is 16.3 Å². The minimum absolute atomic E-state index is 0.193. The third-order valence-electron chi connectivity index (χ3n) is 6.86. The van der Waals surface area contributed by atoms with Gasteiger partial charge in [0.2, 0.25) is 0 Å². The Morgan fingerprint density at radius 3 is 2.51 bits per heavy atom. The fraction of sp³-hybridized carbons (Fsp3) is 0.242. The van der Waals surface area contributed by atoms with Gasteiger partial charge in [0.05, 0.1) is 36.1 Å². The fourth-order valence-corrected chi connectivity index (χ4v) is 6.14. The summed E-state index contributed by atoms with van der Waals surface area (Å²) in [7, 11) is 1.56. The Bertz CT molecular complexity index is 1880. The molecular formula is C33H31ClN2O6S. The van der Waals surface area contributed by atoms with Crippen LogP contribution in [0.5, 0.6) is 17.2 Å². The minimum Gasteiger partial charge on any atom is -0.496 e. The van der Waals surface area contributed by atoms with Crippen LogP contribution in [-0.4, -0.2) is 30.9 Å². The maximum atomic E-state index is 14.0. The number of benzene rings is 3. The van der Waals surface area contributed by atoms with Crippen LogP contribution in [0.15, 0.2) is 87.8 Å². The first-order chi connectivity index (χ1) is 20.9. The third kappa shape index (κ3) is 6.23. The molecule has 4 aromatic rings. The average Bonchev–Trinajstić information content (AvgIpc) is 3.30. The van der Waals surface area contributed by atoms with E-state index in [1.54, 1.807) is 33.1 Å². The number of ether oxygens (including phenoxy) is 4. The summed E-state index contributed by atoms with van der Waals surface area (Å²) in [5.74, 6) is 1.13. The van der Waals surface area contributed by atoms with Crippen LogP contribution >= 0.6 is 22.9 Å². The van der Waals surface area contributed by atoms with Gasteiger partial charge < -0.3 is 18.9 Å². The maximum absolute atomic E-state index is 14.0. The summed E-state index contributed by atoms with van der Waals surface area (Å²) in [5, 5.41) is 0.625. The summed E-state index contributed by atoms with van der Waals surface area (Å²) in [6, 6.07) is 19.5. The van der Waals surface area contributed by atoms with Crippen molar-refractivity contribution >= 4 is 35.0 Å². The van der Waals surface area contributed by atoms with Crippen molar-refractivity contribution in [2.75, 3.05) is 20.3 Å². The van der Waals surface area contributed by atoms with Gasteiger partial charge in [0.25, 0.3) is 5.56 Å². The number of esters is 1. The van der Waals surface area contributed by atoms with Crippen LogP contribution in [0.3, 0.4) is 0 Å². The van der Waals surface area contributed by atoms with Crippen molar-refractivity contribution < 1.29 is 23.7 Å². The van der Waals surface area contributed by atoms with Crippen molar-refractivity contribution in [3.63, 3.8) is 0 Å². The van der Waals surface area contributed by atoms with Crippen LogP contribution in [0.25, 0.3) is 6.08 Å². The van der Waals surface area contributed by atoms with E-state index >= 15 is 0 Å². The van der Waals surface area contributed by atoms with Crippen molar-refractivity contribution in [2.24, 2.45) is 4.99 Å². The average molecular weight is 619 g/mol. The highest BCUT2D eigenvalue weighted by molar-refractivity contribution is 7.07. The van der Waals surface area contributed by atoms with Crippen LogP contribution in [0, 0.1) is 0 Å². The second-order valence-corrected chi connectivity index (χ2v) is 11.0. The van der Waals surface area contributed by atoms with E-state index in [0.717, 1.165) is 11.1 Å². The standard InChI is InChI=1S/C33H31ClN2O6S/c1-5-40-27-17-21(15-16-26(27)42-19-22-11-7-9-13-24(22)34)18-28-31(37)36-30(23-12-8-10-14-25(23)39-4)29(32(38)41-6-2)20(3)35-33(36)43-28/h7-18,30H,5-6,19H2,1-4H3/b28-18+/t30-/m1/s1. The Labute approximate surface area is 258 Å². The molecule has 8 nitrogen and oxygen atoms in total. The summed E-state index contributed by atoms with van der Waals surface area (Å²) >= 11 is 7.54. The highest BCUT2D eigenvalue weighted by Gasteiger charge is 2.35. The quantitative estimate of drug-likeness (QED) is 0.220. The van der Waals surface area contributed by atoms with Crippen molar-refractivity contribution in [1.29, 1.82) is 0 Å². The molecule has 0 unspecified atom stereocenters. The number of allylic oxidation sites excluding steroid dienone is 1. The minimum atomic E-state index is -0.770. The molecule has 1 aliphatic rings. The number of fused-ring (bicyclic) bond motifs is 1. The zero-order chi connectivity index (χ0) is 30.5. The molecule has 1 aliphatic heterocycles. The molecule has 2 heterocycles. The van der Waals surface area contributed by atoms with Gasteiger partial charge in [-0.15, -0.1) is 0 Å². The summed E-state index contributed by atoms with van der Waals surface area (Å²) in [4.78, 5) is 32.3. The molecule has 5 rings (SSSR count).